The number of carbonyl (C=O) groups is 1. The second-order valence-corrected chi connectivity index (χ2v) is 4.54. The van der Waals surface area contributed by atoms with Crippen LogP contribution in [0.3, 0.4) is 0 Å². The lowest BCUT2D eigenvalue weighted by Gasteiger charge is -2.10. The molecule has 0 aliphatic rings. The molecule has 0 heterocycles. The third-order valence-electron chi connectivity index (χ3n) is 2.83. The Kier molecular flexibility index (Phi) is 4.16. The number of nitrogens with two attached hydrogens (primary N) is 1. The molecule has 0 fully saturated rings. The monoisotopic (exact) mass is 294 g/mol. The van der Waals surface area contributed by atoms with Crippen LogP contribution in [0, 0.1) is 0 Å². The van der Waals surface area contributed by atoms with Crippen molar-refractivity contribution in [2.45, 2.75) is 12.6 Å². The molecule has 2 aromatic carbocycles. The third-order valence-corrected chi connectivity index (χ3v) is 2.83. The molecular formula is C15H13F3N2O. The smallest absolute Gasteiger partial charge is 0.369 e. The molecule has 0 spiro atoms. The molecule has 0 aliphatic heterocycles. The SMILES string of the molecule is NC(=O)Cc1ccc(Nc2ccc(C(F)(F)F)cc2)cc1. The second kappa shape index (κ2) is 5.87. The molecule has 110 valence electrons. The lowest BCUT2D eigenvalue weighted by atomic mass is 10.1. The number of primary amides is 1. The first kappa shape index (κ1) is 14.9. The van der Waals surface area contributed by atoms with Gasteiger partial charge in [0.05, 0.1) is 12.0 Å². The summed E-state index contributed by atoms with van der Waals surface area (Å²) in [5.41, 5.74) is 6.44. The minimum atomic E-state index is -4.34. The number of halogens is 3. The quantitative estimate of drug-likeness (QED) is 0.907. The highest BCUT2D eigenvalue weighted by Gasteiger charge is 2.29. The second-order valence-electron chi connectivity index (χ2n) is 4.54. The van der Waals surface area contributed by atoms with Crippen molar-refractivity contribution in [3.63, 3.8) is 0 Å². The predicted molar refractivity (Wildman–Crippen MR) is 74.1 cm³/mol. The molecule has 0 unspecified atom stereocenters. The van der Waals surface area contributed by atoms with Crippen LogP contribution in [0.25, 0.3) is 0 Å². The summed E-state index contributed by atoms with van der Waals surface area (Å²) in [6.07, 6.45) is -4.19. The number of carbonyl (C=O) groups excluding carboxylic acids is 1. The number of amides is 1. The van der Waals surface area contributed by atoms with Gasteiger partial charge < -0.3 is 11.1 Å². The van der Waals surface area contributed by atoms with E-state index in [1.807, 2.05) is 0 Å². The summed E-state index contributed by atoms with van der Waals surface area (Å²) in [4.78, 5) is 10.8. The van der Waals surface area contributed by atoms with E-state index < -0.39 is 17.6 Å². The molecule has 6 heteroatoms. The van der Waals surface area contributed by atoms with E-state index in [0.29, 0.717) is 11.4 Å². The molecule has 2 rings (SSSR count). The molecule has 0 aromatic heterocycles. The van der Waals surface area contributed by atoms with Crippen molar-refractivity contribution in [1.82, 2.24) is 0 Å². The average molecular weight is 294 g/mol. The highest BCUT2D eigenvalue weighted by molar-refractivity contribution is 5.76. The topological polar surface area (TPSA) is 55.1 Å². The van der Waals surface area contributed by atoms with Gasteiger partial charge in [0.15, 0.2) is 0 Å². The van der Waals surface area contributed by atoms with Gasteiger partial charge in [-0.2, -0.15) is 13.2 Å². The molecule has 3 nitrogen and oxygen atoms in total. The fraction of sp³-hybridized carbons (Fsp3) is 0.133. The molecule has 1 amide bonds. The van der Waals surface area contributed by atoms with Crippen LogP contribution in [0.1, 0.15) is 11.1 Å². The van der Waals surface area contributed by atoms with Crippen molar-refractivity contribution in [1.29, 1.82) is 0 Å². The van der Waals surface area contributed by atoms with Crippen molar-refractivity contribution < 1.29 is 18.0 Å². The molecule has 0 bridgehead atoms. The minimum absolute atomic E-state index is 0.153. The molecule has 0 atom stereocenters. The summed E-state index contributed by atoms with van der Waals surface area (Å²) in [6, 6.07) is 11.7. The zero-order valence-corrected chi connectivity index (χ0v) is 10.9. The fourth-order valence-electron chi connectivity index (χ4n) is 1.82. The molecule has 3 N–H and O–H groups in total. The number of nitrogens with one attached hydrogen (secondary N) is 1. The summed E-state index contributed by atoms with van der Waals surface area (Å²) in [7, 11) is 0. The first-order valence-electron chi connectivity index (χ1n) is 6.16. The van der Waals surface area contributed by atoms with E-state index in [4.69, 9.17) is 5.73 Å². The maximum absolute atomic E-state index is 12.4. The Labute approximate surface area is 119 Å². The van der Waals surface area contributed by atoms with Gasteiger partial charge in [-0.25, -0.2) is 0 Å². The Balaban J connectivity index is 2.06. The number of rotatable bonds is 4. The van der Waals surface area contributed by atoms with Gasteiger partial charge in [0.1, 0.15) is 0 Å². The van der Waals surface area contributed by atoms with Crippen LogP contribution in [0.5, 0.6) is 0 Å². The van der Waals surface area contributed by atoms with Crippen LogP contribution in [0.15, 0.2) is 48.5 Å². The Morgan fingerprint density at radius 1 is 0.952 bits per heavy atom. The Bertz CT molecular complexity index is 619. The van der Waals surface area contributed by atoms with Gasteiger partial charge in [-0.05, 0) is 42.0 Å². The molecule has 0 radical (unpaired) electrons. The number of hydrogen-bond donors (Lipinski definition) is 2. The minimum Gasteiger partial charge on any atom is -0.369 e. The van der Waals surface area contributed by atoms with Crippen molar-refractivity contribution >= 4 is 17.3 Å². The number of anilines is 2. The Morgan fingerprint density at radius 3 is 1.86 bits per heavy atom. The zero-order valence-electron chi connectivity index (χ0n) is 10.9. The van der Waals surface area contributed by atoms with Crippen molar-refractivity contribution in [3.05, 3.63) is 59.7 Å². The predicted octanol–water partition coefficient (Wildman–Crippen LogP) is 3.48. The van der Waals surface area contributed by atoms with E-state index in [0.717, 1.165) is 17.7 Å². The van der Waals surface area contributed by atoms with Gasteiger partial charge in [0.25, 0.3) is 0 Å². The van der Waals surface area contributed by atoms with E-state index in [-0.39, 0.29) is 6.42 Å². The van der Waals surface area contributed by atoms with Crippen LogP contribution in [0.4, 0.5) is 24.5 Å². The molecule has 0 saturated heterocycles. The molecule has 0 aliphatic carbocycles. The molecule has 2 aromatic rings. The van der Waals surface area contributed by atoms with E-state index >= 15 is 0 Å². The van der Waals surface area contributed by atoms with Crippen LogP contribution < -0.4 is 11.1 Å². The van der Waals surface area contributed by atoms with Gasteiger partial charge >= 0.3 is 6.18 Å². The summed E-state index contributed by atoms with van der Waals surface area (Å²) < 4.78 is 37.3. The summed E-state index contributed by atoms with van der Waals surface area (Å²) in [5, 5.41) is 2.98. The first-order valence-corrected chi connectivity index (χ1v) is 6.16. The summed E-state index contributed by atoms with van der Waals surface area (Å²) in [5.74, 6) is -0.418. The first-order chi connectivity index (χ1) is 9.84. The summed E-state index contributed by atoms with van der Waals surface area (Å²) in [6.45, 7) is 0. The van der Waals surface area contributed by atoms with Gasteiger partial charge in [0, 0.05) is 11.4 Å². The standard InChI is InChI=1S/C15H13F3N2O/c16-15(17,18)11-3-7-13(8-4-11)20-12-5-1-10(2-6-12)9-14(19)21/h1-8,20H,9H2,(H2,19,21). The lowest BCUT2D eigenvalue weighted by molar-refractivity contribution is -0.137. The lowest BCUT2D eigenvalue weighted by Crippen LogP contribution is -2.13. The van der Waals surface area contributed by atoms with Crippen LogP contribution in [0.2, 0.25) is 0 Å². The molecule has 21 heavy (non-hydrogen) atoms. The van der Waals surface area contributed by atoms with Crippen molar-refractivity contribution in [2.75, 3.05) is 5.32 Å². The van der Waals surface area contributed by atoms with E-state index in [1.54, 1.807) is 24.3 Å². The highest BCUT2D eigenvalue weighted by atomic mass is 19.4. The largest absolute Gasteiger partial charge is 0.416 e. The fourth-order valence-corrected chi connectivity index (χ4v) is 1.82. The van der Waals surface area contributed by atoms with Crippen LogP contribution in [-0.4, -0.2) is 5.91 Å². The maximum atomic E-state index is 12.4. The van der Waals surface area contributed by atoms with Crippen LogP contribution >= 0.6 is 0 Å². The Hall–Kier alpha value is -2.50. The molecule has 0 saturated carbocycles. The highest BCUT2D eigenvalue weighted by Crippen LogP contribution is 2.30. The average Bonchev–Trinajstić information content (AvgIpc) is 2.40. The van der Waals surface area contributed by atoms with Crippen molar-refractivity contribution in [2.24, 2.45) is 5.73 Å². The van der Waals surface area contributed by atoms with E-state index in [9.17, 15) is 18.0 Å². The van der Waals surface area contributed by atoms with Crippen LogP contribution in [-0.2, 0) is 17.4 Å². The van der Waals surface area contributed by atoms with E-state index in [2.05, 4.69) is 5.32 Å². The summed E-state index contributed by atoms with van der Waals surface area (Å²) >= 11 is 0. The number of alkyl halides is 3. The number of benzene rings is 2. The van der Waals surface area contributed by atoms with Gasteiger partial charge in [0.2, 0.25) is 5.91 Å². The Morgan fingerprint density at radius 2 is 1.43 bits per heavy atom. The van der Waals surface area contributed by atoms with E-state index in [1.165, 1.54) is 12.1 Å². The van der Waals surface area contributed by atoms with Crippen molar-refractivity contribution in [3.8, 4) is 0 Å². The van der Waals surface area contributed by atoms with Gasteiger partial charge in [-0.3, -0.25) is 4.79 Å². The molecular weight excluding hydrogens is 281 g/mol. The van der Waals surface area contributed by atoms with Gasteiger partial charge in [-0.15, -0.1) is 0 Å². The third kappa shape index (κ3) is 4.24. The normalized spacial score (nSPS) is 11.2. The number of hydrogen-bond acceptors (Lipinski definition) is 2. The zero-order chi connectivity index (χ0) is 15.5. The maximum Gasteiger partial charge on any atom is 0.416 e. The van der Waals surface area contributed by atoms with Gasteiger partial charge in [-0.1, -0.05) is 12.1 Å².